The van der Waals surface area contributed by atoms with Crippen LogP contribution in [0.5, 0.6) is 0 Å². The molecule has 1 saturated heterocycles. The number of amides is 1. The number of piperazine rings is 1. The van der Waals surface area contributed by atoms with Gasteiger partial charge in [0, 0.05) is 38.9 Å². The molecule has 3 N–H and O–H groups in total. The first-order chi connectivity index (χ1) is 19.4. The number of rotatable bonds is 8. The van der Waals surface area contributed by atoms with Gasteiger partial charge in [0.25, 0.3) is 5.56 Å². The Kier molecular flexibility index (Phi) is 7.70. The van der Waals surface area contributed by atoms with Crippen molar-refractivity contribution in [3.8, 4) is 5.69 Å². The Morgan fingerprint density at radius 3 is 2.65 bits per heavy atom. The minimum atomic E-state index is -1.10. The molecule has 1 aliphatic heterocycles. The number of benzene rings is 1. The first kappa shape index (κ1) is 26.8. The molecule has 0 atom stereocenters. The standard InChI is InChI=1S/C26H25F2N9O3/c1-2-21(39)32-16-11-17(13-29-12-16)37-15-31-25(40)18-14-30-26(34-24(18)37)33-19-3-4-20(23(28)22(19)27)36-7-5-35(6-8-36)9-10-38/h2-4,11-15,38H,1,5-10H2,(H,32,39)(H,30,33,34). The van der Waals surface area contributed by atoms with Crippen LogP contribution >= 0.6 is 0 Å². The third-order valence-corrected chi connectivity index (χ3v) is 6.41. The second-order valence-corrected chi connectivity index (χ2v) is 8.91. The number of aliphatic hydroxyl groups excluding tert-OH is 1. The van der Waals surface area contributed by atoms with Crippen LogP contribution in [-0.4, -0.2) is 79.7 Å². The highest BCUT2D eigenvalue weighted by molar-refractivity contribution is 5.98. The molecule has 4 heterocycles. The fourth-order valence-electron chi connectivity index (χ4n) is 4.37. The molecule has 0 radical (unpaired) electrons. The van der Waals surface area contributed by atoms with Gasteiger partial charge in [0.1, 0.15) is 11.7 Å². The number of carbonyl (C=O) groups is 1. The van der Waals surface area contributed by atoms with Crippen LogP contribution in [0.3, 0.4) is 0 Å². The Hall–Kier alpha value is -4.82. The molecule has 0 aliphatic carbocycles. The molecule has 3 aromatic heterocycles. The molecule has 1 aromatic carbocycles. The lowest BCUT2D eigenvalue weighted by Crippen LogP contribution is -2.47. The van der Waals surface area contributed by atoms with E-state index in [4.69, 9.17) is 5.11 Å². The lowest BCUT2D eigenvalue weighted by Gasteiger charge is -2.36. The summed E-state index contributed by atoms with van der Waals surface area (Å²) in [4.78, 5) is 44.3. The normalized spacial score (nSPS) is 13.8. The third kappa shape index (κ3) is 5.48. The van der Waals surface area contributed by atoms with Gasteiger partial charge in [-0.15, -0.1) is 0 Å². The highest BCUT2D eigenvalue weighted by Gasteiger charge is 2.23. The van der Waals surface area contributed by atoms with Crippen molar-refractivity contribution in [3.63, 3.8) is 0 Å². The van der Waals surface area contributed by atoms with Crippen LogP contribution in [0.25, 0.3) is 16.7 Å². The number of halogens is 2. The minimum Gasteiger partial charge on any atom is -0.395 e. The zero-order chi connectivity index (χ0) is 28.2. The Morgan fingerprint density at radius 2 is 1.90 bits per heavy atom. The summed E-state index contributed by atoms with van der Waals surface area (Å²) < 4.78 is 31.7. The van der Waals surface area contributed by atoms with E-state index in [1.54, 1.807) is 11.0 Å². The van der Waals surface area contributed by atoms with E-state index in [1.807, 2.05) is 0 Å². The second-order valence-electron chi connectivity index (χ2n) is 8.91. The Morgan fingerprint density at radius 1 is 1.10 bits per heavy atom. The van der Waals surface area contributed by atoms with Crippen LogP contribution in [0.2, 0.25) is 0 Å². The Balaban J connectivity index is 1.44. The predicted molar refractivity (Wildman–Crippen MR) is 145 cm³/mol. The van der Waals surface area contributed by atoms with Crippen LogP contribution in [-0.2, 0) is 4.79 Å². The number of nitrogens with one attached hydrogen (secondary N) is 2. The van der Waals surface area contributed by atoms with E-state index in [9.17, 15) is 9.59 Å². The van der Waals surface area contributed by atoms with Crippen molar-refractivity contribution in [2.24, 2.45) is 0 Å². The molecule has 0 spiro atoms. The Bertz CT molecular complexity index is 1640. The summed E-state index contributed by atoms with van der Waals surface area (Å²) in [6.07, 6.45) is 6.50. The third-order valence-electron chi connectivity index (χ3n) is 6.41. The molecule has 1 fully saturated rings. The number of hydrogen-bond acceptors (Lipinski definition) is 10. The average molecular weight is 550 g/mol. The number of β-amino-alcohol motifs (C(OH)–C–C–N with tert-alkyl or cyclic N) is 1. The lowest BCUT2D eigenvalue weighted by molar-refractivity contribution is -0.111. The summed E-state index contributed by atoms with van der Waals surface area (Å²) in [5, 5.41) is 14.5. The van der Waals surface area contributed by atoms with Crippen molar-refractivity contribution in [1.29, 1.82) is 0 Å². The molecule has 0 saturated carbocycles. The van der Waals surface area contributed by atoms with Gasteiger partial charge in [-0.05, 0) is 24.3 Å². The van der Waals surface area contributed by atoms with Crippen molar-refractivity contribution >= 4 is 40.0 Å². The highest BCUT2D eigenvalue weighted by Crippen LogP contribution is 2.29. The largest absolute Gasteiger partial charge is 0.395 e. The molecule has 12 nitrogen and oxygen atoms in total. The van der Waals surface area contributed by atoms with E-state index >= 15 is 8.78 Å². The monoisotopic (exact) mass is 549 g/mol. The number of aliphatic hydroxyl groups is 1. The first-order valence-electron chi connectivity index (χ1n) is 12.3. The molecule has 0 unspecified atom stereocenters. The fraction of sp³-hybridized carbons (Fsp3) is 0.231. The van der Waals surface area contributed by atoms with Crippen molar-refractivity contribution < 1.29 is 18.7 Å². The topological polar surface area (TPSA) is 141 Å². The van der Waals surface area contributed by atoms with Gasteiger partial charge < -0.3 is 20.6 Å². The molecule has 14 heteroatoms. The van der Waals surface area contributed by atoms with Crippen molar-refractivity contribution in [2.75, 3.05) is 54.9 Å². The number of pyridine rings is 1. The number of fused-ring (bicyclic) bond motifs is 1. The zero-order valence-electron chi connectivity index (χ0n) is 21.2. The molecule has 40 heavy (non-hydrogen) atoms. The smallest absolute Gasteiger partial charge is 0.283 e. The second kappa shape index (κ2) is 11.5. The van der Waals surface area contributed by atoms with Crippen molar-refractivity contribution in [2.45, 2.75) is 0 Å². The molecule has 1 aliphatic rings. The van der Waals surface area contributed by atoms with Crippen molar-refractivity contribution in [3.05, 3.63) is 77.8 Å². The van der Waals surface area contributed by atoms with Crippen molar-refractivity contribution in [1.82, 2.24) is 29.4 Å². The van der Waals surface area contributed by atoms with Crippen LogP contribution in [0.4, 0.5) is 31.8 Å². The van der Waals surface area contributed by atoms with Gasteiger partial charge in [0.15, 0.2) is 17.3 Å². The molecular formula is C26H25F2N9O3. The van der Waals surface area contributed by atoms with E-state index in [0.717, 1.165) is 6.08 Å². The van der Waals surface area contributed by atoms with Gasteiger partial charge in [-0.25, -0.2) is 13.8 Å². The van der Waals surface area contributed by atoms with Crippen LogP contribution in [0.1, 0.15) is 0 Å². The molecule has 1 amide bonds. The number of nitrogens with zero attached hydrogens (tertiary/aromatic N) is 7. The number of anilines is 4. The number of carbonyl (C=O) groups excluding carboxylic acids is 1. The summed E-state index contributed by atoms with van der Waals surface area (Å²) in [6.45, 7) is 6.24. The summed E-state index contributed by atoms with van der Waals surface area (Å²) in [7, 11) is 0. The van der Waals surface area contributed by atoms with E-state index in [-0.39, 0.29) is 35.0 Å². The summed E-state index contributed by atoms with van der Waals surface area (Å²) >= 11 is 0. The van der Waals surface area contributed by atoms with E-state index in [1.165, 1.54) is 41.6 Å². The van der Waals surface area contributed by atoms with Crippen LogP contribution in [0.15, 0.2) is 60.6 Å². The number of hydrogen-bond donors (Lipinski definition) is 3. The van der Waals surface area contributed by atoms with Gasteiger partial charge in [-0.1, -0.05) is 6.58 Å². The SMILES string of the molecule is C=CC(=O)Nc1cncc(-n2cnc(=O)c3cnc(Nc4ccc(N5CCN(CCO)CC5)c(F)c4F)nc32)c1. The zero-order valence-corrected chi connectivity index (χ0v) is 21.2. The van der Waals surface area contributed by atoms with Gasteiger partial charge >= 0.3 is 0 Å². The van der Waals surface area contributed by atoms with Gasteiger partial charge in [-0.2, -0.15) is 9.97 Å². The highest BCUT2D eigenvalue weighted by atomic mass is 19.2. The predicted octanol–water partition coefficient (Wildman–Crippen LogP) is 1.83. The van der Waals surface area contributed by atoms with Gasteiger partial charge in [-0.3, -0.25) is 24.0 Å². The summed E-state index contributed by atoms with van der Waals surface area (Å²) in [5.74, 6) is -2.62. The molecule has 0 bridgehead atoms. The molecular weight excluding hydrogens is 524 g/mol. The quantitative estimate of drug-likeness (QED) is 0.279. The lowest BCUT2D eigenvalue weighted by atomic mass is 10.2. The summed E-state index contributed by atoms with van der Waals surface area (Å²) in [5.41, 5.74) is 0.298. The average Bonchev–Trinajstić information content (AvgIpc) is 2.96. The maximum absolute atomic E-state index is 15.1. The van der Waals surface area contributed by atoms with E-state index < -0.39 is 23.1 Å². The molecule has 4 aromatic rings. The maximum atomic E-state index is 15.1. The van der Waals surface area contributed by atoms with Crippen LogP contribution in [0, 0.1) is 11.6 Å². The Labute approximate surface area is 226 Å². The summed E-state index contributed by atoms with van der Waals surface area (Å²) in [6, 6.07) is 4.47. The maximum Gasteiger partial charge on any atom is 0.283 e. The minimum absolute atomic E-state index is 0.0457. The molecule has 206 valence electrons. The van der Waals surface area contributed by atoms with Gasteiger partial charge in [0.2, 0.25) is 11.9 Å². The number of aromatic nitrogens is 5. The van der Waals surface area contributed by atoms with Crippen LogP contribution < -0.4 is 21.1 Å². The first-order valence-corrected chi connectivity index (χ1v) is 12.3. The van der Waals surface area contributed by atoms with E-state index in [0.29, 0.717) is 44.1 Å². The van der Waals surface area contributed by atoms with Gasteiger partial charge in [0.05, 0.1) is 41.8 Å². The van der Waals surface area contributed by atoms with E-state index in [2.05, 4.69) is 42.0 Å². The molecule has 5 rings (SSSR count). The fourth-order valence-corrected chi connectivity index (χ4v) is 4.37.